The molecule has 9 unspecified atom stereocenters. The molecular formula is C34H61N. The van der Waals surface area contributed by atoms with E-state index in [2.05, 4.69) is 59.9 Å². The second kappa shape index (κ2) is 11.1. The van der Waals surface area contributed by atoms with E-state index in [0.29, 0.717) is 16.7 Å². The van der Waals surface area contributed by atoms with Gasteiger partial charge in [0, 0.05) is 18.8 Å². The van der Waals surface area contributed by atoms with Crippen LogP contribution in [-0.2, 0) is 0 Å². The number of nitrogens with zero attached hydrogens (tertiary/aromatic N) is 1. The van der Waals surface area contributed by atoms with E-state index in [1.54, 1.807) is 0 Å². The molecule has 0 heterocycles. The minimum absolute atomic E-state index is 0.591. The highest BCUT2D eigenvalue weighted by Crippen LogP contribution is 2.69. The fraction of sp³-hybridized carbons (Fsp3) is 0.941. The van der Waals surface area contributed by atoms with Crippen LogP contribution < -0.4 is 0 Å². The van der Waals surface area contributed by atoms with E-state index in [1.165, 1.54) is 102 Å². The number of fused-ring (bicyclic) bond motifs is 5. The lowest BCUT2D eigenvalue weighted by molar-refractivity contribution is -0.137. The first-order chi connectivity index (χ1) is 16.6. The quantitative estimate of drug-likeness (QED) is 0.299. The summed E-state index contributed by atoms with van der Waals surface area (Å²) < 4.78 is 0. The van der Waals surface area contributed by atoms with Crippen LogP contribution in [-0.4, -0.2) is 18.0 Å². The summed E-state index contributed by atoms with van der Waals surface area (Å²) in [6.07, 6.45) is 18.8. The summed E-state index contributed by atoms with van der Waals surface area (Å²) in [5, 5.41) is 0. The Morgan fingerprint density at radius 2 is 1.71 bits per heavy atom. The van der Waals surface area contributed by atoms with Gasteiger partial charge in [-0.15, -0.1) is 0 Å². The van der Waals surface area contributed by atoms with Gasteiger partial charge in [-0.05, 0) is 122 Å². The average Bonchev–Trinajstić information content (AvgIpc) is 3.17. The number of hydrogen-bond acceptors (Lipinski definition) is 1. The maximum Gasteiger partial charge on any atom is 0.0197 e. The SMILES string of the molecule is C=C(CCC(C)C1CCC2C3C(C)CC4CCCCC4(C)C3CCC12C)N(CCCC)CC(C)C. The van der Waals surface area contributed by atoms with Crippen LogP contribution in [0.1, 0.15) is 132 Å². The summed E-state index contributed by atoms with van der Waals surface area (Å²) in [6, 6.07) is 0. The third kappa shape index (κ3) is 5.27. The molecule has 0 radical (unpaired) electrons. The molecule has 9 atom stereocenters. The van der Waals surface area contributed by atoms with Crippen molar-refractivity contribution in [1.82, 2.24) is 4.90 Å². The second-order valence-corrected chi connectivity index (χ2v) is 15.0. The molecule has 0 spiro atoms. The summed E-state index contributed by atoms with van der Waals surface area (Å²) >= 11 is 0. The van der Waals surface area contributed by atoms with Gasteiger partial charge in [0.1, 0.15) is 0 Å². The molecular weight excluding hydrogens is 422 g/mol. The molecule has 0 saturated heterocycles. The van der Waals surface area contributed by atoms with Crippen molar-refractivity contribution in [2.75, 3.05) is 13.1 Å². The van der Waals surface area contributed by atoms with Gasteiger partial charge in [0.15, 0.2) is 0 Å². The molecule has 202 valence electrons. The van der Waals surface area contributed by atoms with Crippen LogP contribution in [0, 0.1) is 58.2 Å². The van der Waals surface area contributed by atoms with Gasteiger partial charge in [-0.1, -0.05) is 74.3 Å². The predicted molar refractivity (Wildman–Crippen MR) is 153 cm³/mol. The van der Waals surface area contributed by atoms with Crippen molar-refractivity contribution < 1.29 is 0 Å². The topological polar surface area (TPSA) is 3.24 Å². The zero-order chi connectivity index (χ0) is 25.4. The van der Waals surface area contributed by atoms with Crippen molar-refractivity contribution in [1.29, 1.82) is 0 Å². The minimum atomic E-state index is 0.591. The van der Waals surface area contributed by atoms with Crippen LogP contribution >= 0.6 is 0 Å². The van der Waals surface area contributed by atoms with Gasteiger partial charge < -0.3 is 4.90 Å². The van der Waals surface area contributed by atoms with Crippen molar-refractivity contribution >= 4 is 0 Å². The van der Waals surface area contributed by atoms with E-state index in [4.69, 9.17) is 0 Å². The van der Waals surface area contributed by atoms with Crippen molar-refractivity contribution in [3.8, 4) is 0 Å². The summed E-state index contributed by atoms with van der Waals surface area (Å²) in [7, 11) is 0. The average molecular weight is 484 g/mol. The van der Waals surface area contributed by atoms with E-state index in [9.17, 15) is 0 Å². The molecule has 4 rings (SSSR count). The zero-order valence-corrected chi connectivity index (χ0v) is 24.9. The van der Waals surface area contributed by atoms with E-state index in [1.807, 2.05) is 0 Å². The Morgan fingerprint density at radius 1 is 0.971 bits per heavy atom. The van der Waals surface area contributed by atoms with Crippen LogP contribution in [0.4, 0.5) is 0 Å². The Morgan fingerprint density at radius 3 is 2.43 bits per heavy atom. The highest BCUT2D eigenvalue weighted by molar-refractivity contribution is 5.10. The molecule has 4 aliphatic rings. The molecule has 0 aromatic heterocycles. The first-order valence-corrected chi connectivity index (χ1v) is 16.0. The molecule has 0 aromatic rings. The Kier molecular flexibility index (Phi) is 8.75. The number of allylic oxidation sites excluding steroid dienone is 1. The van der Waals surface area contributed by atoms with E-state index < -0.39 is 0 Å². The van der Waals surface area contributed by atoms with Crippen molar-refractivity contribution in [2.24, 2.45) is 58.2 Å². The first-order valence-electron chi connectivity index (χ1n) is 16.0. The fourth-order valence-corrected chi connectivity index (χ4v) is 10.6. The number of rotatable bonds is 10. The van der Waals surface area contributed by atoms with Crippen molar-refractivity contribution in [3.05, 3.63) is 12.3 Å². The summed E-state index contributed by atoms with van der Waals surface area (Å²) in [4.78, 5) is 2.62. The molecule has 1 nitrogen and oxygen atoms in total. The van der Waals surface area contributed by atoms with Gasteiger partial charge >= 0.3 is 0 Å². The molecule has 4 saturated carbocycles. The predicted octanol–water partition coefficient (Wildman–Crippen LogP) is 9.97. The van der Waals surface area contributed by atoms with Gasteiger partial charge in [0.25, 0.3) is 0 Å². The smallest absolute Gasteiger partial charge is 0.0197 e. The van der Waals surface area contributed by atoms with Crippen molar-refractivity contribution in [3.63, 3.8) is 0 Å². The maximum absolute atomic E-state index is 4.59. The molecule has 0 N–H and O–H groups in total. The highest BCUT2D eigenvalue weighted by Gasteiger charge is 2.61. The van der Waals surface area contributed by atoms with Crippen LogP contribution in [0.2, 0.25) is 0 Å². The Labute approximate surface area is 220 Å². The summed E-state index contributed by atoms with van der Waals surface area (Å²) in [6.45, 7) is 24.8. The van der Waals surface area contributed by atoms with Crippen molar-refractivity contribution in [2.45, 2.75) is 132 Å². The molecule has 0 aromatic carbocycles. The Balaban J connectivity index is 1.41. The molecule has 4 aliphatic carbocycles. The van der Waals surface area contributed by atoms with Gasteiger partial charge in [0.05, 0.1) is 0 Å². The van der Waals surface area contributed by atoms with Gasteiger partial charge in [-0.25, -0.2) is 0 Å². The Bertz CT molecular complexity index is 709. The third-order valence-corrected chi connectivity index (χ3v) is 12.4. The van der Waals surface area contributed by atoms with Crippen LogP contribution in [0.25, 0.3) is 0 Å². The van der Waals surface area contributed by atoms with Gasteiger partial charge in [-0.3, -0.25) is 0 Å². The summed E-state index contributed by atoms with van der Waals surface area (Å²) in [5.74, 6) is 7.49. The van der Waals surface area contributed by atoms with E-state index in [0.717, 1.165) is 41.4 Å². The fourth-order valence-electron chi connectivity index (χ4n) is 10.6. The van der Waals surface area contributed by atoms with E-state index >= 15 is 0 Å². The summed E-state index contributed by atoms with van der Waals surface area (Å²) in [5.41, 5.74) is 2.67. The zero-order valence-electron chi connectivity index (χ0n) is 24.9. The normalized spacial score (nSPS) is 41.7. The first kappa shape index (κ1) is 27.6. The molecule has 0 bridgehead atoms. The molecule has 35 heavy (non-hydrogen) atoms. The molecule has 0 aliphatic heterocycles. The third-order valence-electron chi connectivity index (χ3n) is 12.4. The number of unbranched alkanes of at least 4 members (excludes halogenated alkanes) is 1. The maximum atomic E-state index is 4.59. The van der Waals surface area contributed by atoms with Gasteiger partial charge in [0.2, 0.25) is 0 Å². The minimum Gasteiger partial charge on any atom is -0.375 e. The van der Waals surface area contributed by atoms with Crippen LogP contribution in [0.3, 0.4) is 0 Å². The van der Waals surface area contributed by atoms with Crippen LogP contribution in [0.5, 0.6) is 0 Å². The molecule has 1 heteroatoms. The Hall–Kier alpha value is -0.460. The van der Waals surface area contributed by atoms with Crippen LogP contribution in [0.15, 0.2) is 12.3 Å². The monoisotopic (exact) mass is 483 g/mol. The highest BCUT2D eigenvalue weighted by atomic mass is 15.1. The lowest BCUT2D eigenvalue weighted by atomic mass is 9.42. The number of hydrogen-bond donors (Lipinski definition) is 0. The largest absolute Gasteiger partial charge is 0.375 e. The second-order valence-electron chi connectivity index (χ2n) is 15.0. The lowest BCUT2D eigenvalue weighted by Gasteiger charge is -2.62. The molecule has 4 fully saturated rings. The lowest BCUT2D eigenvalue weighted by Crippen LogP contribution is -2.55. The van der Waals surface area contributed by atoms with E-state index in [-0.39, 0.29) is 0 Å². The molecule has 0 amide bonds. The van der Waals surface area contributed by atoms with Gasteiger partial charge in [-0.2, -0.15) is 0 Å². The standard InChI is InChI=1S/C34H61N/c1-9-10-21-35(23-24(2)3)27(6)15-14-25(4)29-16-17-30-32-26(5)22-28-13-11-12-19-33(28,7)31(32)18-20-34(29,30)8/h24-26,28-32H,6,9-23H2,1-5,7-8H3.